The summed E-state index contributed by atoms with van der Waals surface area (Å²) in [6, 6.07) is 0. The SMILES string of the molecule is FCCOF.FCCOF.FCCOc1c(F)c(F)c(OCF)c(F)c1F.OCC(O)COCCF.OCC(O)COCF. The maximum absolute atomic E-state index is 13.1. The first-order valence-electron chi connectivity index (χ1n) is 11.7. The van der Waals surface area contributed by atoms with Crippen LogP contribution in [0.4, 0.5) is 53.0 Å². The number of hydrogen-bond acceptors (Lipinski definition) is 10. The third-order valence-electron chi connectivity index (χ3n) is 3.35. The van der Waals surface area contributed by atoms with Gasteiger partial charge in [-0.2, -0.15) is 27.4 Å². The van der Waals surface area contributed by atoms with E-state index in [0.717, 1.165) is 0 Å². The predicted molar refractivity (Wildman–Crippen MR) is 125 cm³/mol. The number of aliphatic hydroxyl groups is 4. The molecule has 0 amide bonds. The summed E-state index contributed by atoms with van der Waals surface area (Å²) in [5.74, 6) is -10.7. The Morgan fingerprint density at radius 3 is 1.14 bits per heavy atom. The second kappa shape index (κ2) is 36.8. The molecule has 0 spiro atoms. The first-order valence-corrected chi connectivity index (χ1v) is 11.7. The van der Waals surface area contributed by atoms with Gasteiger partial charge in [-0.1, -0.05) is 0 Å². The Balaban J connectivity index is -0.000000252. The maximum Gasteiger partial charge on any atom is 0.228 e. The standard InChI is InChI=1S/C9H6F6O2.C5H11FO3.C4H9FO3.2C2H4F2O/c10-1-2-16-8-4(12)6(14)9(17-3-11)7(15)5(8)13;6-1-2-9-4-5(8)3-7;5-3-8-2-4(7)1-6;2*3-1-2-5-4/h1-3H2;5,7-8H,1-4H2;4,6-7H,1-3H2;2*1-2H2. The lowest BCUT2D eigenvalue weighted by molar-refractivity contribution is -0.134. The highest BCUT2D eigenvalue weighted by Crippen LogP contribution is 2.34. The van der Waals surface area contributed by atoms with Crippen molar-refractivity contribution in [3.05, 3.63) is 23.3 Å². The van der Waals surface area contributed by atoms with Crippen molar-refractivity contribution in [2.75, 3.05) is 93.3 Å². The van der Waals surface area contributed by atoms with Gasteiger partial charge in [0.2, 0.25) is 35.9 Å². The molecule has 1 aromatic rings. The summed E-state index contributed by atoms with van der Waals surface area (Å²) in [6.45, 7) is -8.32. The zero-order chi connectivity index (χ0) is 34.8. The van der Waals surface area contributed by atoms with Crippen LogP contribution in [0.3, 0.4) is 0 Å². The van der Waals surface area contributed by atoms with E-state index in [1.165, 1.54) is 0 Å². The number of hydrogen-bond donors (Lipinski definition) is 4. The van der Waals surface area contributed by atoms with Gasteiger partial charge in [-0.15, -0.1) is 0 Å². The molecule has 0 aliphatic carbocycles. The van der Waals surface area contributed by atoms with Crippen molar-refractivity contribution in [3.8, 4) is 11.5 Å². The third kappa shape index (κ3) is 28.4. The largest absolute Gasteiger partial charge is 0.485 e. The zero-order valence-electron chi connectivity index (χ0n) is 22.8. The second-order valence-corrected chi connectivity index (χ2v) is 6.63. The first-order chi connectivity index (χ1) is 21.0. The molecule has 1 aromatic carbocycles. The minimum Gasteiger partial charge on any atom is -0.485 e. The van der Waals surface area contributed by atoms with Crippen molar-refractivity contribution >= 4 is 0 Å². The fourth-order valence-electron chi connectivity index (χ4n) is 1.66. The Labute approximate surface area is 243 Å². The Bertz CT molecular complexity index is 709. The summed E-state index contributed by atoms with van der Waals surface area (Å²) in [4.78, 5) is 5.63. The monoisotopic (exact) mass is 686 g/mol. The van der Waals surface area contributed by atoms with Crippen molar-refractivity contribution in [2.45, 2.75) is 12.2 Å². The molecule has 0 aliphatic heterocycles. The van der Waals surface area contributed by atoms with E-state index in [-0.39, 0.29) is 33.0 Å². The molecule has 2 atom stereocenters. The topological polar surface area (TPSA) is 136 Å². The highest BCUT2D eigenvalue weighted by Gasteiger charge is 2.28. The molecule has 0 saturated carbocycles. The van der Waals surface area contributed by atoms with Gasteiger partial charge in [-0.05, 0) is 9.05 Å². The Morgan fingerprint density at radius 1 is 0.500 bits per heavy atom. The molecule has 2 unspecified atom stereocenters. The second-order valence-electron chi connectivity index (χ2n) is 6.63. The normalized spacial score (nSPS) is 11.3. The van der Waals surface area contributed by atoms with E-state index in [4.69, 9.17) is 20.4 Å². The summed E-state index contributed by atoms with van der Waals surface area (Å²) >= 11 is 0. The van der Waals surface area contributed by atoms with Crippen LogP contribution in [0.1, 0.15) is 0 Å². The van der Waals surface area contributed by atoms with Crippen molar-refractivity contribution in [2.24, 2.45) is 0 Å². The lowest BCUT2D eigenvalue weighted by atomic mass is 10.2. The average molecular weight is 686 g/mol. The number of ether oxygens (including phenoxy) is 4. The minimum absolute atomic E-state index is 0.000417. The van der Waals surface area contributed by atoms with Crippen LogP contribution in [-0.4, -0.2) is 126 Å². The third-order valence-corrected chi connectivity index (χ3v) is 3.35. The number of benzene rings is 1. The smallest absolute Gasteiger partial charge is 0.228 e. The van der Waals surface area contributed by atoms with Gasteiger partial charge < -0.3 is 39.4 Å². The van der Waals surface area contributed by atoms with E-state index in [1.807, 2.05) is 0 Å². The molecule has 266 valence electrons. The van der Waals surface area contributed by atoms with Crippen molar-refractivity contribution in [1.29, 1.82) is 0 Å². The summed E-state index contributed by atoms with van der Waals surface area (Å²) in [5.41, 5.74) is 0. The first kappa shape index (κ1) is 48.6. The predicted octanol–water partition coefficient (Wildman–Crippen LogP) is 3.22. The van der Waals surface area contributed by atoms with Gasteiger partial charge in [0, 0.05) is 0 Å². The van der Waals surface area contributed by atoms with Crippen LogP contribution >= 0.6 is 0 Å². The highest BCUT2D eigenvalue weighted by molar-refractivity contribution is 5.38. The number of aliphatic hydroxyl groups excluding tert-OH is 4. The Hall–Kier alpha value is -2.34. The lowest BCUT2D eigenvalue weighted by Crippen LogP contribution is -2.19. The van der Waals surface area contributed by atoms with Crippen LogP contribution in [0.15, 0.2) is 0 Å². The number of alkyl halides is 6. The van der Waals surface area contributed by atoms with Crippen LogP contribution < -0.4 is 9.47 Å². The van der Waals surface area contributed by atoms with E-state index in [0.29, 0.717) is 0 Å². The quantitative estimate of drug-likeness (QED) is 0.104. The molecule has 0 aromatic heterocycles. The summed E-state index contributed by atoms with van der Waals surface area (Å²) in [7, 11) is 0. The highest BCUT2D eigenvalue weighted by atomic mass is 19.3. The zero-order valence-corrected chi connectivity index (χ0v) is 22.8. The fraction of sp³-hybridized carbons (Fsp3) is 0.727. The molecule has 0 bridgehead atoms. The van der Waals surface area contributed by atoms with E-state index < -0.39 is 107 Å². The van der Waals surface area contributed by atoms with E-state index >= 15 is 0 Å². The molecule has 44 heavy (non-hydrogen) atoms. The van der Waals surface area contributed by atoms with Gasteiger partial charge in [-0.25, -0.2) is 26.3 Å². The van der Waals surface area contributed by atoms with Crippen LogP contribution in [0.2, 0.25) is 0 Å². The van der Waals surface area contributed by atoms with Gasteiger partial charge in [0.25, 0.3) is 0 Å². The van der Waals surface area contributed by atoms with Crippen LogP contribution in [0.25, 0.3) is 0 Å². The molecule has 22 heteroatoms. The van der Waals surface area contributed by atoms with Crippen molar-refractivity contribution in [3.63, 3.8) is 0 Å². The number of rotatable bonds is 18. The van der Waals surface area contributed by atoms with Gasteiger partial charge in [0.15, 0.2) is 12.6 Å². The summed E-state index contributed by atoms with van der Waals surface area (Å²) in [5, 5.41) is 33.4. The van der Waals surface area contributed by atoms with E-state index in [1.54, 1.807) is 0 Å². The average Bonchev–Trinajstić information content (AvgIpc) is 3.03. The molecule has 1 rings (SSSR count). The van der Waals surface area contributed by atoms with E-state index in [2.05, 4.69) is 28.8 Å². The Morgan fingerprint density at radius 2 is 0.864 bits per heavy atom. The van der Waals surface area contributed by atoms with Crippen molar-refractivity contribution < 1.29 is 102 Å². The van der Waals surface area contributed by atoms with Crippen LogP contribution in [0, 0.1) is 23.3 Å². The number of halogens is 12. The van der Waals surface area contributed by atoms with Crippen LogP contribution in [0.5, 0.6) is 11.5 Å². The summed E-state index contributed by atoms with van der Waals surface area (Å²) in [6.07, 6.45) is -1.83. The van der Waals surface area contributed by atoms with Gasteiger partial charge in [0.05, 0.1) is 33.0 Å². The van der Waals surface area contributed by atoms with Gasteiger partial charge >= 0.3 is 0 Å². The molecule has 0 radical (unpaired) electrons. The van der Waals surface area contributed by atoms with Crippen molar-refractivity contribution in [1.82, 2.24) is 0 Å². The molecule has 0 aliphatic rings. The lowest BCUT2D eigenvalue weighted by Gasteiger charge is -2.11. The maximum atomic E-state index is 13.1. The van der Waals surface area contributed by atoms with Crippen LogP contribution in [-0.2, 0) is 19.4 Å². The molecular formula is C22H34F12O10. The molecule has 0 heterocycles. The molecular weight excluding hydrogens is 652 g/mol. The van der Waals surface area contributed by atoms with Gasteiger partial charge in [0.1, 0.15) is 58.7 Å². The minimum atomic E-state index is -1.95. The molecule has 10 nitrogen and oxygen atoms in total. The molecule has 4 N–H and O–H groups in total. The molecule has 0 saturated heterocycles. The Kier molecular flexibility index (Phi) is 40.7. The van der Waals surface area contributed by atoms with Gasteiger partial charge in [-0.3, -0.25) is 0 Å². The fourth-order valence-corrected chi connectivity index (χ4v) is 1.66. The van der Waals surface area contributed by atoms with E-state index in [9.17, 15) is 53.0 Å². The molecule has 0 fully saturated rings. The summed E-state index contributed by atoms with van der Waals surface area (Å²) < 4.78 is 157.